The fourth-order valence-corrected chi connectivity index (χ4v) is 2.89. The van der Waals surface area contributed by atoms with Crippen molar-refractivity contribution in [3.8, 4) is 0 Å². The van der Waals surface area contributed by atoms with E-state index in [-0.39, 0.29) is 11.9 Å². The number of carbonyl (C=O) groups excluding carboxylic acids is 1. The summed E-state index contributed by atoms with van der Waals surface area (Å²) in [4.78, 5) is 12.3. The summed E-state index contributed by atoms with van der Waals surface area (Å²) in [6, 6.07) is 27.7. The molecule has 132 valence electrons. The number of amides is 2. The number of nitrogens with two attached hydrogens (primary N) is 1. The molecule has 4 nitrogen and oxygen atoms in total. The van der Waals surface area contributed by atoms with Crippen molar-refractivity contribution in [3.05, 3.63) is 102 Å². The van der Waals surface area contributed by atoms with Crippen molar-refractivity contribution >= 4 is 11.7 Å². The Kier molecular flexibility index (Phi) is 6.01. The number of hydrogen-bond donors (Lipinski definition) is 3. The molecule has 0 spiro atoms. The molecule has 0 saturated carbocycles. The van der Waals surface area contributed by atoms with Gasteiger partial charge in [0, 0.05) is 24.7 Å². The molecule has 4 heteroatoms. The average Bonchev–Trinajstić information content (AvgIpc) is 2.70. The summed E-state index contributed by atoms with van der Waals surface area (Å²) in [6.45, 7) is 1.00. The van der Waals surface area contributed by atoms with Gasteiger partial charge < -0.3 is 16.4 Å². The highest BCUT2D eigenvalue weighted by atomic mass is 16.2. The number of hydrogen-bond acceptors (Lipinski definition) is 2. The minimum absolute atomic E-state index is 0.0998. The quantitative estimate of drug-likeness (QED) is 0.630. The zero-order valence-corrected chi connectivity index (χ0v) is 14.6. The van der Waals surface area contributed by atoms with Crippen molar-refractivity contribution < 1.29 is 4.79 Å². The van der Waals surface area contributed by atoms with Gasteiger partial charge in [-0.2, -0.15) is 0 Å². The van der Waals surface area contributed by atoms with Crippen molar-refractivity contribution in [1.29, 1.82) is 0 Å². The molecule has 0 aliphatic rings. The maximum Gasteiger partial charge on any atom is 0.319 e. The first-order chi connectivity index (χ1) is 12.8. The van der Waals surface area contributed by atoms with Gasteiger partial charge in [-0.25, -0.2) is 4.79 Å². The van der Waals surface area contributed by atoms with Crippen LogP contribution < -0.4 is 16.4 Å². The van der Waals surface area contributed by atoms with E-state index in [4.69, 9.17) is 5.73 Å². The van der Waals surface area contributed by atoms with Gasteiger partial charge in [-0.1, -0.05) is 72.8 Å². The van der Waals surface area contributed by atoms with Crippen molar-refractivity contribution in [2.75, 3.05) is 11.9 Å². The normalized spacial score (nSPS) is 10.5. The van der Waals surface area contributed by atoms with E-state index in [1.165, 1.54) is 11.1 Å². The zero-order chi connectivity index (χ0) is 18.2. The third-order valence-electron chi connectivity index (χ3n) is 4.32. The zero-order valence-electron chi connectivity index (χ0n) is 14.6. The van der Waals surface area contributed by atoms with Gasteiger partial charge in [0.15, 0.2) is 0 Å². The molecule has 3 aromatic rings. The summed E-state index contributed by atoms with van der Waals surface area (Å²) in [7, 11) is 0. The van der Waals surface area contributed by atoms with Gasteiger partial charge in [0.2, 0.25) is 0 Å². The second kappa shape index (κ2) is 8.83. The van der Waals surface area contributed by atoms with E-state index in [1.54, 1.807) is 0 Å². The topological polar surface area (TPSA) is 67.1 Å². The maximum absolute atomic E-state index is 12.3. The van der Waals surface area contributed by atoms with Crippen LogP contribution >= 0.6 is 0 Å². The van der Waals surface area contributed by atoms with E-state index >= 15 is 0 Å². The number of anilines is 1. The highest BCUT2D eigenvalue weighted by Gasteiger charge is 2.15. The molecule has 3 rings (SSSR count). The maximum atomic E-state index is 12.3. The molecule has 0 unspecified atom stereocenters. The fourth-order valence-electron chi connectivity index (χ4n) is 2.89. The molecule has 0 saturated heterocycles. The molecule has 0 aliphatic carbocycles. The SMILES string of the molecule is NCc1ccc(NC(=O)NCC(c2ccccc2)c2ccccc2)cc1. The lowest BCUT2D eigenvalue weighted by Gasteiger charge is -2.19. The summed E-state index contributed by atoms with van der Waals surface area (Å²) in [5.74, 6) is 0.0998. The van der Waals surface area contributed by atoms with Crippen LogP contribution in [0.15, 0.2) is 84.9 Å². The summed E-state index contributed by atoms with van der Waals surface area (Å²) in [6.07, 6.45) is 0. The molecule has 0 fully saturated rings. The second-order valence-electron chi connectivity index (χ2n) is 6.11. The lowest BCUT2D eigenvalue weighted by Crippen LogP contribution is -2.32. The number of urea groups is 1. The van der Waals surface area contributed by atoms with Gasteiger partial charge in [0.05, 0.1) is 0 Å². The minimum atomic E-state index is -0.220. The van der Waals surface area contributed by atoms with Crippen LogP contribution in [0.2, 0.25) is 0 Å². The van der Waals surface area contributed by atoms with Gasteiger partial charge in [-0.05, 0) is 28.8 Å². The Balaban J connectivity index is 1.66. The number of nitrogens with one attached hydrogen (secondary N) is 2. The van der Waals surface area contributed by atoms with Crippen molar-refractivity contribution in [3.63, 3.8) is 0 Å². The van der Waals surface area contributed by atoms with Crippen LogP contribution in [0.5, 0.6) is 0 Å². The van der Waals surface area contributed by atoms with E-state index in [9.17, 15) is 4.79 Å². The fraction of sp³-hybridized carbons (Fsp3) is 0.136. The second-order valence-corrected chi connectivity index (χ2v) is 6.11. The Morgan fingerprint density at radius 1 is 0.808 bits per heavy atom. The Bertz CT molecular complexity index is 778. The Morgan fingerprint density at radius 3 is 1.85 bits per heavy atom. The van der Waals surface area contributed by atoms with Gasteiger partial charge in [-0.15, -0.1) is 0 Å². The van der Waals surface area contributed by atoms with E-state index < -0.39 is 0 Å². The highest BCUT2D eigenvalue weighted by Crippen LogP contribution is 2.23. The lowest BCUT2D eigenvalue weighted by atomic mass is 9.91. The first kappa shape index (κ1) is 17.7. The van der Waals surface area contributed by atoms with Crippen LogP contribution in [-0.4, -0.2) is 12.6 Å². The standard InChI is InChI=1S/C22H23N3O/c23-15-17-11-13-20(14-12-17)25-22(26)24-16-21(18-7-3-1-4-8-18)19-9-5-2-6-10-19/h1-14,21H,15-16,23H2,(H2,24,25,26). The predicted octanol–water partition coefficient (Wildman–Crippen LogP) is 4.10. The van der Waals surface area contributed by atoms with Crippen molar-refractivity contribution in [1.82, 2.24) is 5.32 Å². The molecule has 0 bridgehead atoms. The summed E-state index contributed by atoms with van der Waals surface area (Å²) < 4.78 is 0. The summed E-state index contributed by atoms with van der Waals surface area (Å²) >= 11 is 0. The average molecular weight is 345 g/mol. The van der Waals surface area contributed by atoms with Crippen molar-refractivity contribution in [2.24, 2.45) is 5.73 Å². The third kappa shape index (κ3) is 4.71. The van der Waals surface area contributed by atoms with Crippen LogP contribution in [0.4, 0.5) is 10.5 Å². The van der Waals surface area contributed by atoms with Crippen LogP contribution in [-0.2, 0) is 6.54 Å². The van der Waals surface area contributed by atoms with Gasteiger partial charge in [0.25, 0.3) is 0 Å². The van der Waals surface area contributed by atoms with Crippen LogP contribution in [0.3, 0.4) is 0 Å². The largest absolute Gasteiger partial charge is 0.337 e. The lowest BCUT2D eigenvalue weighted by molar-refractivity contribution is 0.252. The minimum Gasteiger partial charge on any atom is -0.337 e. The van der Waals surface area contributed by atoms with E-state index in [0.717, 1.165) is 11.3 Å². The molecule has 3 aromatic carbocycles. The summed E-state index contributed by atoms with van der Waals surface area (Å²) in [5.41, 5.74) is 9.72. The molecular weight excluding hydrogens is 322 g/mol. The monoisotopic (exact) mass is 345 g/mol. The van der Waals surface area contributed by atoms with E-state index in [0.29, 0.717) is 13.1 Å². The van der Waals surface area contributed by atoms with Crippen LogP contribution in [0.25, 0.3) is 0 Å². The van der Waals surface area contributed by atoms with Gasteiger partial charge in [0.1, 0.15) is 0 Å². The Morgan fingerprint density at radius 2 is 1.35 bits per heavy atom. The first-order valence-electron chi connectivity index (χ1n) is 8.70. The third-order valence-corrected chi connectivity index (χ3v) is 4.32. The molecule has 26 heavy (non-hydrogen) atoms. The number of rotatable bonds is 6. The van der Waals surface area contributed by atoms with E-state index in [1.807, 2.05) is 60.7 Å². The molecule has 0 atom stereocenters. The molecule has 0 heterocycles. The smallest absolute Gasteiger partial charge is 0.319 e. The van der Waals surface area contributed by atoms with Crippen molar-refractivity contribution in [2.45, 2.75) is 12.5 Å². The molecule has 0 aliphatic heterocycles. The first-order valence-corrected chi connectivity index (χ1v) is 8.70. The highest BCUT2D eigenvalue weighted by molar-refractivity contribution is 5.89. The molecular formula is C22H23N3O. The number of benzene rings is 3. The molecule has 2 amide bonds. The Labute approximate surface area is 154 Å². The molecule has 4 N–H and O–H groups in total. The summed E-state index contributed by atoms with van der Waals surface area (Å²) in [5, 5.41) is 5.84. The predicted molar refractivity (Wildman–Crippen MR) is 106 cm³/mol. The van der Waals surface area contributed by atoms with E-state index in [2.05, 4.69) is 34.9 Å². The van der Waals surface area contributed by atoms with Crippen LogP contribution in [0.1, 0.15) is 22.6 Å². The van der Waals surface area contributed by atoms with Crippen LogP contribution in [0, 0.1) is 0 Å². The van der Waals surface area contributed by atoms with Gasteiger partial charge in [-0.3, -0.25) is 0 Å². The molecule has 0 aromatic heterocycles. The molecule has 0 radical (unpaired) electrons. The number of carbonyl (C=O) groups is 1. The van der Waals surface area contributed by atoms with Gasteiger partial charge >= 0.3 is 6.03 Å². The Hall–Kier alpha value is -3.11.